The molecule has 0 bridgehead atoms. The van der Waals surface area contributed by atoms with Crippen LogP contribution >= 0.6 is 0 Å². The summed E-state index contributed by atoms with van der Waals surface area (Å²) in [6.07, 6.45) is 5.04. The monoisotopic (exact) mass is 305 g/mol. The molecule has 0 amide bonds. The van der Waals surface area contributed by atoms with E-state index in [1.807, 2.05) is 7.05 Å². The van der Waals surface area contributed by atoms with Gasteiger partial charge < -0.3 is 10.1 Å². The zero-order chi connectivity index (χ0) is 14.6. The lowest BCUT2D eigenvalue weighted by Crippen LogP contribution is -2.53. The number of hydrogen-bond acceptors (Lipinski definition) is 4. The van der Waals surface area contributed by atoms with Crippen molar-refractivity contribution in [2.24, 2.45) is 0 Å². The maximum Gasteiger partial charge on any atom is 0.282 e. The molecular formula is C13H27N3O3S. The first-order valence-electron chi connectivity index (χ1n) is 7.55. The van der Waals surface area contributed by atoms with Crippen molar-refractivity contribution in [3.63, 3.8) is 0 Å². The number of nitrogens with zero attached hydrogens (tertiary/aromatic N) is 2. The standard InChI is InChI=1S/C13H27N3O3S/c1-14-10-12-6-3-4-8-16(12)20(17,18)15(2)11-13-7-5-9-19-13/h12-14H,3-11H2,1-2H3. The lowest BCUT2D eigenvalue weighted by Gasteiger charge is -2.37. The van der Waals surface area contributed by atoms with Crippen LogP contribution in [0.1, 0.15) is 32.1 Å². The summed E-state index contributed by atoms with van der Waals surface area (Å²) in [5.41, 5.74) is 0. The molecule has 2 atom stereocenters. The van der Waals surface area contributed by atoms with Crippen LogP contribution in [-0.4, -0.2) is 69.5 Å². The molecule has 1 N–H and O–H groups in total. The third kappa shape index (κ3) is 3.71. The summed E-state index contributed by atoms with van der Waals surface area (Å²) >= 11 is 0. The number of piperidine rings is 1. The summed E-state index contributed by atoms with van der Waals surface area (Å²) in [7, 11) is 0.165. The van der Waals surface area contributed by atoms with Crippen molar-refractivity contribution in [3.05, 3.63) is 0 Å². The van der Waals surface area contributed by atoms with Crippen LogP contribution in [-0.2, 0) is 14.9 Å². The lowest BCUT2D eigenvalue weighted by molar-refractivity contribution is 0.0954. The Morgan fingerprint density at radius 3 is 2.75 bits per heavy atom. The Morgan fingerprint density at radius 1 is 1.30 bits per heavy atom. The fourth-order valence-electron chi connectivity index (χ4n) is 3.07. The van der Waals surface area contributed by atoms with Crippen molar-refractivity contribution in [1.82, 2.24) is 13.9 Å². The molecule has 2 fully saturated rings. The maximum absolute atomic E-state index is 12.7. The summed E-state index contributed by atoms with van der Waals surface area (Å²) in [4.78, 5) is 0. The van der Waals surface area contributed by atoms with Crippen molar-refractivity contribution in [2.45, 2.75) is 44.2 Å². The second kappa shape index (κ2) is 7.17. The van der Waals surface area contributed by atoms with Crippen LogP contribution in [0, 0.1) is 0 Å². The molecule has 0 aromatic carbocycles. The van der Waals surface area contributed by atoms with Crippen LogP contribution in [0.3, 0.4) is 0 Å². The first-order chi connectivity index (χ1) is 9.55. The molecule has 2 heterocycles. The lowest BCUT2D eigenvalue weighted by atomic mass is 10.1. The Morgan fingerprint density at radius 2 is 2.10 bits per heavy atom. The second-order valence-electron chi connectivity index (χ2n) is 5.74. The quantitative estimate of drug-likeness (QED) is 0.772. The van der Waals surface area contributed by atoms with Gasteiger partial charge in [-0.25, -0.2) is 0 Å². The molecule has 0 aliphatic carbocycles. The number of likely N-dealkylation sites (N-methyl/N-ethyl adjacent to an activating group) is 2. The number of rotatable bonds is 6. The largest absolute Gasteiger partial charge is 0.377 e. The van der Waals surface area contributed by atoms with Crippen molar-refractivity contribution < 1.29 is 13.2 Å². The molecule has 6 nitrogen and oxygen atoms in total. The molecule has 0 radical (unpaired) electrons. The molecule has 2 saturated heterocycles. The SMILES string of the molecule is CNCC1CCCCN1S(=O)(=O)N(C)CC1CCCO1. The number of hydrogen-bond donors (Lipinski definition) is 1. The molecular weight excluding hydrogens is 278 g/mol. The normalized spacial score (nSPS) is 29.1. The highest BCUT2D eigenvalue weighted by atomic mass is 32.2. The predicted octanol–water partition coefficient (Wildman–Crippen LogP) is 0.416. The molecule has 118 valence electrons. The van der Waals surface area contributed by atoms with Gasteiger partial charge in [0.2, 0.25) is 0 Å². The zero-order valence-electron chi connectivity index (χ0n) is 12.5. The van der Waals surface area contributed by atoms with E-state index in [1.54, 1.807) is 11.4 Å². The summed E-state index contributed by atoms with van der Waals surface area (Å²) in [5.74, 6) is 0. The number of ether oxygens (including phenoxy) is 1. The van der Waals surface area contributed by atoms with E-state index in [4.69, 9.17) is 4.74 Å². The number of nitrogens with one attached hydrogen (secondary N) is 1. The highest BCUT2D eigenvalue weighted by Crippen LogP contribution is 2.23. The summed E-state index contributed by atoms with van der Waals surface area (Å²) in [5, 5.41) is 3.10. The molecule has 2 aliphatic heterocycles. The Hall–Kier alpha value is -0.210. The summed E-state index contributed by atoms with van der Waals surface area (Å²) in [6, 6.07) is 0.0747. The minimum absolute atomic E-state index is 0.0577. The van der Waals surface area contributed by atoms with Crippen LogP contribution in [0.2, 0.25) is 0 Å². The van der Waals surface area contributed by atoms with Gasteiger partial charge >= 0.3 is 0 Å². The first-order valence-corrected chi connectivity index (χ1v) is 8.94. The molecule has 0 spiro atoms. The Balaban J connectivity index is 2.02. The molecule has 0 aromatic rings. The first kappa shape index (κ1) is 16.2. The second-order valence-corrected chi connectivity index (χ2v) is 7.73. The Labute approximate surface area is 122 Å². The van der Waals surface area contributed by atoms with Crippen LogP contribution in [0.25, 0.3) is 0 Å². The van der Waals surface area contributed by atoms with Gasteiger partial charge in [-0.2, -0.15) is 17.0 Å². The van der Waals surface area contributed by atoms with Gasteiger partial charge in [-0.15, -0.1) is 0 Å². The minimum atomic E-state index is -3.37. The molecule has 20 heavy (non-hydrogen) atoms. The van der Waals surface area contributed by atoms with Gasteiger partial charge in [-0.3, -0.25) is 0 Å². The minimum Gasteiger partial charge on any atom is -0.377 e. The fourth-order valence-corrected chi connectivity index (χ4v) is 4.69. The molecule has 0 aromatic heterocycles. The summed E-state index contributed by atoms with van der Waals surface area (Å²) < 4.78 is 34.1. The van der Waals surface area contributed by atoms with Gasteiger partial charge in [0, 0.05) is 39.3 Å². The van der Waals surface area contributed by atoms with E-state index in [2.05, 4.69) is 5.32 Å². The third-order valence-electron chi connectivity index (χ3n) is 4.19. The van der Waals surface area contributed by atoms with Gasteiger partial charge in [0.1, 0.15) is 0 Å². The van der Waals surface area contributed by atoms with E-state index in [-0.39, 0.29) is 12.1 Å². The zero-order valence-corrected chi connectivity index (χ0v) is 13.4. The van der Waals surface area contributed by atoms with Gasteiger partial charge in [-0.1, -0.05) is 6.42 Å². The molecule has 2 rings (SSSR count). The maximum atomic E-state index is 12.7. The van der Waals surface area contributed by atoms with Crippen molar-refractivity contribution in [3.8, 4) is 0 Å². The molecule has 2 unspecified atom stereocenters. The van der Waals surface area contributed by atoms with E-state index in [9.17, 15) is 8.42 Å². The predicted molar refractivity (Wildman–Crippen MR) is 78.8 cm³/mol. The smallest absolute Gasteiger partial charge is 0.282 e. The van der Waals surface area contributed by atoms with Gasteiger partial charge in [0.25, 0.3) is 10.2 Å². The molecule has 7 heteroatoms. The average Bonchev–Trinajstić information content (AvgIpc) is 2.92. The van der Waals surface area contributed by atoms with Gasteiger partial charge in [0.05, 0.1) is 6.10 Å². The topological polar surface area (TPSA) is 61.9 Å². The highest BCUT2D eigenvalue weighted by molar-refractivity contribution is 7.86. The van der Waals surface area contributed by atoms with Crippen molar-refractivity contribution >= 4 is 10.2 Å². The van der Waals surface area contributed by atoms with E-state index in [0.29, 0.717) is 19.6 Å². The third-order valence-corrected chi connectivity index (χ3v) is 6.20. The van der Waals surface area contributed by atoms with E-state index < -0.39 is 10.2 Å². The Bertz CT molecular complexity index is 394. The fraction of sp³-hybridized carbons (Fsp3) is 1.00. The molecule has 2 aliphatic rings. The van der Waals surface area contributed by atoms with Gasteiger partial charge in [-0.05, 0) is 32.7 Å². The van der Waals surface area contributed by atoms with E-state index in [0.717, 1.165) is 38.7 Å². The van der Waals surface area contributed by atoms with E-state index >= 15 is 0 Å². The van der Waals surface area contributed by atoms with Crippen molar-refractivity contribution in [2.75, 3.05) is 40.3 Å². The van der Waals surface area contributed by atoms with Gasteiger partial charge in [0.15, 0.2) is 0 Å². The average molecular weight is 305 g/mol. The van der Waals surface area contributed by atoms with Crippen LogP contribution < -0.4 is 5.32 Å². The van der Waals surface area contributed by atoms with Crippen molar-refractivity contribution in [1.29, 1.82) is 0 Å². The van der Waals surface area contributed by atoms with Crippen LogP contribution in [0.4, 0.5) is 0 Å². The summed E-state index contributed by atoms with van der Waals surface area (Å²) in [6.45, 7) is 2.56. The highest BCUT2D eigenvalue weighted by Gasteiger charge is 2.35. The van der Waals surface area contributed by atoms with Crippen LogP contribution in [0.5, 0.6) is 0 Å². The van der Waals surface area contributed by atoms with E-state index in [1.165, 1.54) is 4.31 Å². The molecule has 0 saturated carbocycles. The van der Waals surface area contributed by atoms with Crippen LogP contribution in [0.15, 0.2) is 0 Å². The Kier molecular flexibility index (Phi) is 5.80.